The predicted molar refractivity (Wildman–Crippen MR) is 128 cm³/mol. The van der Waals surface area contributed by atoms with E-state index in [1.165, 1.54) is 16.7 Å². The summed E-state index contributed by atoms with van der Waals surface area (Å²) in [6, 6.07) is 8.93. The number of thioether (sulfide) groups is 1. The SMILES string of the molecule is C#CCOc1c(Br)cc(/C=C2\SC(=S)N(c3ccc4c(c3)OCO4)C2=O)cc1OCC. The molecule has 0 saturated carbocycles. The van der Waals surface area contributed by atoms with Gasteiger partial charge in [0.05, 0.1) is 21.7 Å². The fraction of sp³-hybridized carbons (Fsp3) is 0.182. The number of benzene rings is 2. The van der Waals surface area contributed by atoms with Crippen molar-refractivity contribution >= 4 is 61.9 Å². The average molecular weight is 518 g/mol. The van der Waals surface area contributed by atoms with Crippen LogP contribution in [0.1, 0.15) is 12.5 Å². The van der Waals surface area contributed by atoms with Crippen molar-refractivity contribution < 1.29 is 23.7 Å². The molecule has 2 aliphatic rings. The number of terminal acetylenes is 1. The number of hydrogen-bond acceptors (Lipinski definition) is 7. The van der Waals surface area contributed by atoms with Crippen LogP contribution in [0.15, 0.2) is 39.7 Å². The number of carbonyl (C=O) groups is 1. The second-order valence-electron chi connectivity index (χ2n) is 6.31. The van der Waals surface area contributed by atoms with Crippen molar-refractivity contribution in [2.75, 3.05) is 24.9 Å². The normalized spacial score (nSPS) is 16.0. The summed E-state index contributed by atoms with van der Waals surface area (Å²) < 4.78 is 23.1. The number of carbonyl (C=O) groups excluding carboxylic acids is 1. The smallest absolute Gasteiger partial charge is 0.270 e. The summed E-state index contributed by atoms with van der Waals surface area (Å²) in [5, 5.41) is 0. The lowest BCUT2D eigenvalue weighted by atomic mass is 10.1. The third-order valence-electron chi connectivity index (χ3n) is 4.34. The van der Waals surface area contributed by atoms with E-state index >= 15 is 0 Å². The second kappa shape index (κ2) is 9.22. The lowest BCUT2D eigenvalue weighted by molar-refractivity contribution is -0.113. The number of thiocarbonyl (C=S) groups is 1. The van der Waals surface area contributed by atoms with Gasteiger partial charge in [0.1, 0.15) is 6.61 Å². The molecular formula is C22H16BrNO5S2. The lowest BCUT2D eigenvalue weighted by Gasteiger charge is -2.15. The van der Waals surface area contributed by atoms with Crippen molar-refractivity contribution in [3.8, 4) is 35.3 Å². The van der Waals surface area contributed by atoms with E-state index in [0.29, 0.717) is 49.0 Å². The summed E-state index contributed by atoms with van der Waals surface area (Å²) in [7, 11) is 0. The summed E-state index contributed by atoms with van der Waals surface area (Å²) in [6.45, 7) is 2.61. The van der Waals surface area contributed by atoms with Gasteiger partial charge in [0.15, 0.2) is 27.3 Å². The van der Waals surface area contributed by atoms with E-state index in [1.807, 2.05) is 13.0 Å². The van der Waals surface area contributed by atoms with Crippen molar-refractivity contribution in [3.05, 3.63) is 45.3 Å². The summed E-state index contributed by atoms with van der Waals surface area (Å²) in [5.41, 5.74) is 1.39. The van der Waals surface area contributed by atoms with Crippen molar-refractivity contribution in [3.63, 3.8) is 0 Å². The fourth-order valence-corrected chi connectivity index (χ4v) is 4.93. The van der Waals surface area contributed by atoms with Gasteiger partial charge in [-0.2, -0.15) is 0 Å². The predicted octanol–water partition coefficient (Wildman–Crippen LogP) is 4.99. The Hall–Kier alpha value is -2.67. The Morgan fingerprint density at radius 1 is 1.29 bits per heavy atom. The van der Waals surface area contributed by atoms with E-state index in [4.69, 9.17) is 37.6 Å². The van der Waals surface area contributed by atoms with E-state index in [2.05, 4.69) is 21.9 Å². The molecule has 2 aromatic carbocycles. The van der Waals surface area contributed by atoms with Gasteiger partial charge in [0.25, 0.3) is 5.91 Å². The van der Waals surface area contributed by atoms with Gasteiger partial charge in [0.2, 0.25) is 6.79 Å². The Balaban J connectivity index is 1.64. The molecule has 1 fully saturated rings. The topological polar surface area (TPSA) is 57.2 Å². The lowest BCUT2D eigenvalue weighted by Crippen LogP contribution is -2.27. The first-order valence-electron chi connectivity index (χ1n) is 9.22. The number of rotatable bonds is 6. The average Bonchev–Trinajstić information content (AvgIpc) is 3.31. The number of nitrogens with zero attached hydrogens (tertiary/aromatic N) is 1. The van der Waals surface area contributed by atoms with Crippen LogP contribution in [-0.2, 0) is 4.79 Å². The molecule has 2 heterocycles. The van der Waals surface area contributed by atoms with Gasteiger partial charge in [-0.15, -0.1) is 6.42 Å². The highest BCUT2D eigenvalue weighted by Crippen LogP contribution is 2.42. The molecule has 1 amide bonds. The molecule has 0 radical (unpaired) electrons. The van der Waals surface area contributed by atoms with Gasteiger partial charge >= 0.3 is 0 Å². The second-order valence-corrected chi connectivity index (χ2v) is 8.84. The first-order chi connectivity index (χ1) is 15.0. The zero-order chi connectivity index (χ0) is 22.0. The maximum atomic E-state index is 13.1. The number of anilines is 1. The van der Waals surface area contributed by atoms with Gasteiger partial charge in [-0.3, -0.25) is 9.69 Å². The Morgan fingerprint density at radius 2 is 2.10 bits per heavy atom. The number of ether oxygens (including phenoxy) is 4. The van der Waals surface area contributed by atoms with Crippen LogP contribution in [0.4, 0.5) is 5.69 Å². The van der Waals surface area contributed by atoms with E-state index in [9.17, 15) is 4.79 Å². The Labute approximate surface area is 197 Å². The molecule has 9 heteroatoms. The molecule has 2 aliphatic heterocycles. The van der Waals surface area contributed by atoms with Gasteiger partial charge in [0, 0.05) is 6.07 Å². The fourth-order valence-electron chi connectivity index (χ4n) is 3.05. The minimum atomic E-state index is -0.212. The standard InChI is InChI=1S/C22H16BrNO5S2/c1-3-7-27-20-15(23)8-13(9-18(20)26-4-2)10-19-21(25)24(22(30)31-19)14-5-6-16-17(11-14)29-12-28-16/h1,5-6,8-11H,4,7,12H2,2H3/b19-10-. The van der Waals surface area contributed by atoms with Crippen LogP contribution in [0.5, 0.6) is 23.0 Å². The van der Waals surface area contributed by atoms with E-state index in [1.54, 1.807) is 30.3 Å². The first-order valence-corrected chi connectivity index (χ1v) is 11.2. The van der Waals surface area contributed by atoms with Crippen LogP contribution in [0.3, 0.4) is 0 Å². The maximum Gasteiger partial charge on any atom is 0.270 e. The molecule has 0 atom stereocenters. The quantitative estimate of drug-likeness (QED) is 0.303. The largest absolute Gasteiger partial charge is 0.490 e. The van der Waals surface area contributed by atoms with Gasteiger partial charge in [-0.1, -0.05) is 29.9 Å². The summed E-state index contributed by atoms with van der Waals surface area (Å²) >= 11 is 10.2. The molecule has 0 aliphatic carbocycles. The van der Waals surface area contributed by atoms with Crippen LogP contribution in [0.25, 0.3) is 6.08 Å². The molecular weight excluding hydrogens is 502 g/mol. The Bertz CT molecular complexity index is 1140. The zero-order valence-electron chi connectivity index (χ0n) is 16.3. The molecule has 0 unspecified atom stereocenters. The van der Waals surface area contributed by atoms with Crippen LogP contribution >= 0.6 is 39.9 Å². The summed E-state index contributed by atoms with van der Waals surface area (Å²) in [4.78, 5) is 15.1. The van der Waals surface area contributed by atoms with Crippen LogP contribution < -0.4 is 23.8 Å². The molecule has 2 aromatic rings. The van der Waals surface area contributed by atoms with Crippen LogP contribution in [0.2, 0.25) is 0 Å². The number of halogens is 1. The third kappa shape index (κ3) is 4.37. The highest BCUT2D eigenvalue weighted by molar-refractivity contribution is 9.10. The van der Waals surface area contributed by atoms with Crippen molar-refractivity contribution in [2.24, 2.45) is 0 Å². The summed E-state index contributed by atoms with van der Waals surface area (Å²) in [5.74, 6) is 4.51. The van der Waals surface area contributed by atoms with Gasteiger partial charge in [-0.05, 0) is 58.8 Å². The van der Waals surface area contributed by atoms with Gasteiger partial charge in [-0.25, -0.2) is 0 Å². The monoisotopic (exact) mass is 517 g/mol. The molecule has 6 nitrogen and oxygen atoms in total. The molecule has 0 N–H and O–H groups in total. The molecule has 0 spiro atoms. The van der Waals surface area contributed by atoms with Crippen LogP contribution in [0, 0.1) is 12.3 Å². The number of hydrogen-bond donors (Lipinski definition) is 0. The minimum absolute atomic E-state index is 0.117. The molecule has 31 heavy (non-hydrogen) atoms. The zero-order valence-corrected chi connectivity index (χ0v) is 19.6. The van der Waals surface area contributed by atoms with E-state index < -0.39 is 0 Å². The number of amides is 1. The van der Waals surface area contributed by atoms with Crippen molar-refractivity contribution in [2.45, 2.75) is 6.92 Å². The van der Waals surface area contributed by atoms with Crippen molar-refractivity contribution in [1.82, 2.24) is 0 Å². The highest BCUT2D eigenvalue weighted by Gasteiger charge is 2.34. The molecule has 0 aromatic heterocycles. The minimum Gasteiger partial charge on any atom is -0.490 e. The van der Waals surface area contributed by atoms with E-state index in [-0.39, 0.29) is 19.3 Å². The highest BCUT2D eigenvalue weighted by atomic mass is 79.9. The third-order valence-corrected chi connectivity index (χ3v) is 6.23. The molecule has 1 saturated heterocycles. The molecule has 4 rings (SSSR count). The molecule has 158 valence electrons. The summed E-state index contributed by atoms with van der Waals surface area (Å²) in [6.07, 6.45) is 7.06. The Morgan fingerprint density at radius 3 is 2.87 bits per heavy atom. The maximum absolute atomic E-state index is 13.1. The van der Waals surface area contributed by atoms with Gasteiger partial charge < -0.3 is 18.9 Å². The number of fused-ring (bicyclic) bond motifs is 1. The van der Waals surface area contributed by atoms with E-state index in [0.717, 1.165) is 5.56 Å². The Kier molecular flexibility index (Phi) is 6.41. The van der Waals surface area contributed by atoms with Crippen LogP contribution in [-0.4, -0.2) is 30.2 Å². The van der Waals surface area contributed by atoms with Crippen molar-refractivity contribution in [1.29, 1.82) is 0 Å². The molecule has 0 bridgehead atoms. The first kappa shape index (κ1) is 21.6.